The average molecular weight is 330 g/mol. The Bertz CT molecular complexity index is 306. The molecule has 0 fully saturated rings. The molecule has 3 N–H and O–H groups in total. The third-order valence-electron chi connectivity index (χ3n) is 2.03. The summed E-state index contributed by atoms with van der Waals surface area (Å²) in [5, 5.41) is 3.05. The monoisotopic (exact) mass is 329 g/mol. The van der Waals surface area contributed by atoms with Crippen molar-refractivity contribution in [2.24, 2.45) is 5.73 Å². The van der Waals surface area contributed by atoms with E-state index in [0.717, 1.165) is 36.7 Å². The van der Waals surface area contributed by atoms with Gasteiger partial charge in [-0.1, -0.05) is 31.9 Å². The second-order valence-corrected chi connectivity index (χ2v) is 4.72. The van der Waals surface area contributed by atoms with Gasteiger partial charge in [0.05, 0.1) is 27.2 Å². The minimum absolute atomic E-state index is 0. The molecule has 0 radical (unpaired) electrons. The fourth-order valence-corrected chi connectivity index (χ4v) is 1.06. The summed E-state index contributed by atoms with van der Waals surface area (Å²) in [5.41, 5.74) is 4.53. The molecule has 0 heterocycles. The lowest BCUT2D eigenvalue weighted by atomic mass is 10.4. The van der Waals surface area contributed by atoms with Crippen LogP contribution in [0.3, 0.4) is 0 Å². The molecule has 22 heavy (non-hydrogen) atoms. The van der Waals surface area contributed by atoms with E-state index in [9.17, 15) is 4.79 Å². The highest BCUT2D eigenvalue weighted by Crippen LogP contribution is 1.95. The van der Waals surface area contributed by atoms with Gasteiger partial charge in [0, 0.05) is 13.1 Å². The number of likely N-dealkylation sites (N-methyl/N-ethyl adjacent to an activating group) is 1. The highest BCUT2D eigenvalue weighted by molar-refractivity contribution is 5.84. The largest absolute Gasteiger partial charge is 1.00 e. The third kappa shape index (κ3) is 36.2. The predicted molar refractivity (Wildman–Crippen MR) is 94.9 cm³/mol. The average Bonchev–Trinajstić information content (AvgIpc) is 2.40. The van der Waals surface area contributed by atoms with Crippen LogP contribution < -0.4 is 23.5 Å². The van der Waals surface area contributed by atoms with E-state index in [1.807, 2.05) is 24.3 Å². The molecule has 4 nitrogen and oxygen atoms in total. The number of hydrogen-bond donors (Lipinski definition) is 2. The van der Waals surface area contributed by atoms with Gasteiger partial charge in [-0.2, -0.15) is 0 Å². The third-order valence-corrected chi connectivity index (χ3v) is 2.03. The molecule has 0 bridgehead atoms. The van der Waals surface area contributed by atoms with E-state index in [4.69, 9.17) is 0 Å². The van der Waals surface area contributed by atoms with Gasteiger partial charge in [-0.25, -0.2) is 0 Å². The van der Waals surface area contributed by atoms with Gasteiger partial charge in [-0.05, 0) is 18.2 Å². The summed E-state index contributed by atoms with van der Waals surface area (Å²) in [7, 11) is 4.31. The molecule has 0 unspecified atom stereocenters. The van der Waals surface area contributed by atoms with E-state index in [1.54, 1.807) is 0 Å². The zero-order valence-electron chi connectivity index (χ0n) is 14.1. The number of nitrogens with two attached hydrogens (primary N) is 1. The molecule has 0 saturated carbocycles. The summed E-state index contributed by atoms with van der Waals surface area (Å²) in [4.78, 5) is 9.47. The van der Waals surface area contributed by atoms with Crippen molar-refractivity contribution in [3.63, 3.8) is 0 Å². The van der Waals surface area contributed by atoms with E-state index < -0.39 is 5.91 Å². The Labute approximate surface area is 142 Å². The Morgan fingerprint density at radius 1 is 0.955 bits per heavy atom. The van der Waals surface area contributed by atoms with Crippen LogP contribution in [0.1, 0.15) is 0 Å². The lowest BCUT2D eigenvalue weighted by Gasteiger charge is -2.26. The number of carbonyl (C=O) groups is 1. The Kier molecular flexibility index (Phi) is 28.1. The van der Waals surface area contributed by atoms with Gasteiger partial charge in [0.2, 0.25) is 5.91 Å². The van der Waals surface area contributed by atoms with Crippen LogP contribution in [0.25, 0.3) is 0 Å². The number of rotatable bonds is 9. The van der Waals surface area contributed by atoms with Gasteiger partial charge >= 0.3 is 0 Å². The van der Waals surface area contributed by atoms with E-state index in [1.165, 1.54) is 0 Å². The molecule has 0 spiro atoms. The van der Waals surface area contributed by atoms with E-state index in [-0.39, 0.29) is 12.4 Å². The van der Waals surface area contributed by atoms with Crippen LogP contribution in [0.5, 0.6) is 0 Å². The molecule has 0 atom stereocenters. The van der Waals surface area contributed by atoms with Crippen molar-refractivity contribution in [2.45, 2.75) is 0 Å². The number of quaternary nitrogens is 1. The first-order chi connectivity index (χ1) is 9.81. The van der Waals surface area contributed by atoms with Gasteiger partial charge < -0.3 is 27.9 Å². The Morgan fingerprint density at radius 3 is 1.45 bits per heavy atom. The molecule has 0 aliphatic heterocycles. The van der Waals surface area contributed by atoms with Crippen LogP contribution in [0.2, 0.25) is 0 Å². The van der Waals surface area contributed by atoms with Crippen molar-refractivity contribution in [3.05, 3.63) is 63.3 Å². The predicted octanol–water partition coefficient (Wildman–Crippen LogP) is -0.955. The van der Waals surface area contributed by atoms with Gasteiger partial charge in [0.1, 0.15) is 0 Å². The van der Waals surface area contributed by atoms with Crippen molar-refractivity contribution in [1.82, 2.24) is 5.32 Å². The summed E-state index contributed by atoms with van der Waals surface area (Å²) < 4.78 is 0.951. The van der Waals surface area contributed by atoms with Crippen molar-refractivity contribution in [3.8, 4) is 0 Å². The molecule has 128 valence electrons. The highest BCUT2D eigenvalue weighted by Gasteiger charge is 2.07. The second kappa shape index (κ2) is 21.7. The summed E-state index contributed by atoms with van der Waals surface area (Å²) in [5.74, 6) is -0.481. The maximum absolute atomic E-state index is 9.47. The highest BCUT2D eigenvalue weighted by atomic mass is 35.5. The second-order valence-electron chi connectivity index (χ2n) is 4.72. The van der Waals surface area contributed by atoms with E-state index >= 15 is 0 Å². The zero-order valence-corrected chi connectivity index (χ0v) is 14.8. The summed E-state index contributed by atoms with van der Waals surface area (Å²) >= 11 is 0. The smallest absolute Gasteiger partial charge is 0.240 e. The summed E-state index contributed by atoms with van der Waals surface area (Å²) in [6.45, 7) is 21.3. The van der Waals surface area contributed by atoms with E-state index in [0.29, 0.717) is 0 Å². The molecular weight excluding hydrogens is 298 g/mol. The first-order valence-electron chi connectivity index (χ1n) is 6.69. The molecule has 1 amide bonds. The summed E-state index contributed by atoms with van der Waals surface area (Å²) in [6, 6.07) is 0. The molecule has 0 aliphatic rings. The molecule has 0 aromatic rings. The maximum atomic E-state index is 9.47. The fourth-order valence-electron chi connectivity index (χ4n) is 1.06. The molecule has 0 aromatic carbocycles. The SMILES string of the molecule is C=CC(N)=O.C=CCNCC=C.C=CC[N+](C)(C)CC=C.[Cl-]. The van der Waals surface area contributed by atoms with Crippen LogP contribution in [-0.4, -0.2) is 50.7 Å². The van der Waals surface area contributed by atoms with Crippen LogP contribution in [0, 0.1) is 0 Å². The van der Waals surface area contributed by atoms with E-state index in [2.05, 4.69) is 58.0 Å². The minimum Gasteiger partial charge on any atom is -1.00 e. The van der Waals surface area contributed by atoms with Crippen molar-refractivity contribution >= 4 is 5.91 Å². The lowest BCUT2D eigenvalue weighted by molar-refractivity contribution is -0.878. The maximum Gasteiger partial charge on any atom is 0.240 e. The Hall–Kier alpha value is -1.62. The van der Waals surface area contributed by atoms with Crippen molar-refractivity contribution in [1.29, 1.82) is 0 Å². The molecule has 0 aromatic heterocycles. The Balaban J connectivity index is -0.000000113. The number of nitrogens with zero attached hydrogens (tertiary/aromatic N) is 1. The number of hydrogen-bond acceptors (Lipinski definition) is 2. The molecular formula is C17H32ClN3O. The quantitative estimate of drug-likeness (QED) is 0.248. The minimum atomic E-state index is -0.481. The van der Waals surface area contributed by atoms with Gasteiger partial charge in [0.25, 0.3) is 0 Å². The van der Waals surface area contributed by atoms with Crippen molar-refractivity contribution < 1.29 is 21.7 Å². The van der Waals surface area contributed by atoms with Gasteiger partial charge in [0.15, 0.2) is 0 Å². The standard InChI is InChI=1S/C8H16N.C6H11N.C3H5NO.ClH/c1-5-7-9(3,4)8-6-2;1-3-5-7-6-4-2;1-2-3(4)5;/h5-6H,1-2,7-8H2,3-4H3;3-4,7H,1-2,5-6H2;2H,1H2,(H2,4,5);1H/q+1;;;/p-1. The number of halogens is 1. The first-order valence-corrected chi connectivity index (χ1v) is 6.69. The van der Waals surface area contributed by atoms with Crippen LogP contribution in [0.15, 0.2) is 63.3 Å². The molecule has 0 saturated heterocycles. The Morgan fingerprint density at radius 2 is 1.27 bits per heavy atom. The van der Waals surface area contributed by atoms with Gasteiger partial charge in [-0.3, -0.25) is 4.79 Å². The fraction of sp³-hybridized carbons (Fsp3) is 0.353. The number of primary amides is 1. The molecule has 0 aliphatic carbocycles. The number of carbonyl (C=O) groups excluding carboxylic acids is 1. The normalized spacial score (nSPS) is 8.45. The van der Waals surface area contributed by atoms with Crippen LogP contribution >= 0.6 is 0 Å². The lowest BCUT2D eigenvalue weighted by Crippen LogP contribution is -3.00. The zero-order chi connectivity index (χ0) is 17.1. The number of nitrogens with one attached hydrogen (secondary N) is 1. The number of amides is 1. The van der Waals surface area contributed by atoms with Crippen molar-refractivity contribution in [2.75, 3.05) is 40.3 Å². The first kappa shape index (κ1) is 28.5. The topological polar surface area (TPSA) is 55.1 Å². The summed E-state index contributed by atoms with van der Waals surface area (Å²) in [6.07, 6.45) is 8.57. The van der Waals surface area contributed by atoms with Gasteiger partial charge in [-0.15, -0.1) is 13.2 Å². The molecule has 0 rings (SSSR count). The van der Waals surface area contributed by atoms with Crippen LogP contribution in [0.4, 0.5) is 0 Å². The van der Waals surface area contributed by atoms with Crippen LogP contribution in [-0.2, 0) is 4.79 Å². The molecule has 5 heteroatoms.